The van der Waals surface area contributed by atoms with E-state index in [9.17, 15) is 0 Å². The fourth-order valence-corrected chi connectivity index (χ4v) is 0. The van der Waals surface area contributed by atoms with E-state index in [2.05, 4.69) is 0 Å². The minimum Gasteiger partial charge on any atom is -0.759 e. The van der Waals surface area contributed by atoms with Gasteiger partial charge in [-0.3, -0.25) is 25.3 Å². The fraction of sp³-hybridized carbons (Fsp3) is 0. The number of quaternary nitrogens is 4. The van der Waals surface area contributed by atoms with Gasteiger partial charge in [0.05, 0.1) is 0 Å². The van der Waals surface area contributed by atoms with Crippen LogP contribution < -0.4 is 24.6 Å². The summed E-state index contributed by atoms with van der Waals surface area (Å²) in [5.74, 6) is 0. The maximum Gasteiger partial charge on any atom is 2.00 e. The van der Waals surface area contributed by atoms with Crippen LogP contribution in [-0.4, -0.2) is 52.6 Å². The maximum absolute atomic E-state index is 8.52. The summed E-state index contributed by atoms with van der Waals surface area (Å²) < 4.78 is 102. The SMILES string of the molecule is O=S(=O)([O-])[O-].O=S(=O)([O-])[O-].O=S(=O)([O-])[O-].[Cu+2].[NH4+].[NH4+].[NH4+].[NH4+]. The van der Waals surface area contributed by atoms with E-state index >= 15 is 0 Å². The Kier molecular flexibility index (Phi) is 47.6. The molecule has 1 radical (unpaired) electrons. The van der Waals surface area contributed by atoms with Crippen LogP contribution in [0.2, 0.25) is 0 Å². The Morgan fingerprint density at radius 2 is 0.400 bits per heavy atom. The van der Waals surface area contributed by atoms with Crippen LogP contribution >= 0.6 is 0 Å². The molecule has 0 aromatic carbocycles. The number of hydrogen-bond donors (Lipinski definition) is 4. The average molecular weight is 424 g/mol. The largest absolute Gasteiger partial charge is 2.00 e. The predicted molar refractivity (Wildman–Crippen MR) is 55.4 cm³/mol. The summed E-state index contributed by atoms with van der Waals surface area (Å²) in [4.78, 5) is 0. The Morgan fingerprint density at radius 3 is 0.400 bits per heavy atom. The van der Waals surface area contributed by atoms with Crippen LogP contribution in [0.4, 0.5) is 0 Å². The molecule has 0 aromatic heterocycles. The zero-order valence-corrected chi connectivity index (χ0v) is 13.8. The summed E-state index contributed by atoms with van der Waals surface area (Å²) in [6, 6.07) is 0. The van der Waals surface area contributed by atoms with Gasteiger partial charge in [0, 0.05) is 31.2 Å². The van der Waals surface area contributed by atoms with Gasteiger partial charge in [-0.1, -0.05) is 0 Å². The van der Waals surface area contributed by atoms with Crippen molar-refractivity contribution in [1.29, 1.82) is 0 Å². The van der Waals surface area contributed by atoms with Gasteiger partial charge in [-0.05, 0) is 0 Å². The second-order valence-electron chi connectivity index (χ2n) is 1.22. The minimum atomic E-state index is -5.17. The van der Waals surface area contributed by atoms with Crippen LogP contribution in [0.3, 0.4) is 0 Å². The monoisotopic (exact) mass is 423 g/mol. The molecule has 0 saturated carbocycles. The van der Waals surface area contributed by atoms with Crippen LogP contribution in [-0.2, 0) is 48.3 Å². The first kappa shape index (κ1) is 50.2. The van der Waals surface area contributed by atoms with E-state index in [0.717, 1.165) is 0 Å². The van der Waals surface area contributed by atoms with Gasteiger partial charge < -0.3 is 51.9 Å². The summed E-state index contributed by atoms with van der Waals surface area (Å²) in [6.45, 7) is 0. The Balaban J connectivity index is -0.0000000160. The molecule has 0 aliphatic rings. The third kappa shape index (κ3) is 5560000. The van der Waals surface area contributed by atoms with Crippen molar-refractivity contribution in [2.75, 3.05) is 0 Å². The second-order valence-corrected chi connectivity index (χ2v) is 3.67. The molecule has 0 aliphatic heterocycles. The van der Waals surface area contributed by atoms with E-state index in [1.54, 1.807) is 0 Å². The van der Waals surface area contributed by atoms with Gasteiger partial charge in [0.25, 0.3) is 0 Å². The molecule has 0 atom stereocenters. The molecule has 137 valence electrons. The quantitative estimate of drug-likeness (QED) is 0.178. The zero-order chi connectivity index (χ0) is 13.5. The molecule has 0 aromatic rings. The van der Waals surface area contributed by atoms with Crippen molar-refractivity contribution < 1.29 is 69.6 Å². The third-order valence-electron chi connectivity index (χ3n) is 0. The van der Waals surface area contributed by atoms with Crippen molar-refractivity contribution >= 4 is 31.2 Å². The molecule has 0 rings (SSSR count). The molecule has 16 N–H and O–H groups in total. The first-order valence-electron chi connectivity index (χ1n) is 2.00. The van der Waals surface area contributed by atoms with Crippen molar-refractivity contribution in [2.24, 2.45) is 0 Å². The third-order valence-corrected chi connectivity index (χ3v) is 0. The molecular formula is H16CuN4O12S3. The number of rotatable bonds is 0. The van der Waals surface area contributed by atoms with Crippen molar-refractivity contribution in [2.45, 2.75) is 0 Å². The van der Waals surface area contributed by atoms with Crippen LogP contribution in [0.25, 0.3) is 0 Å². The summed E-state index contributed by atoms with van der Waals surface area (Å²) in [7, 11) is -15.5. The summed E-state index contributed by atoms with van der Waals surface area (Å²) in [6.07, 6.45) is 0. The Morgan fingerprint density at radius 1 is 0.400 bits per heavy atom. The molecule has 0 bridgehead atoms. The summed E-state index contributed by atoms with van der Waals surface area (Å²) in [5, 5.41) is 0. The Labute approximate surface area is 125 Å². The van der Waals surface area contributed by atoms with E-state index in [1.165, 1.54) is 0 Å². The molecule has 0 unspecified atom stereocenters. The van der Waals surface area contributed by atoms with E-state index in [4.69, 9.17) is 52.6 Å². The molecule has 0 heterocycles. The van der Waals surface area contributed by atoms with Crippen molar-refractivity contribution in [3.05, 3.63) is 0 Å². The van der Waals surface area contributed by atoms with Crippen molar-refractivity contribution in [3.8, 4) is 0 Å². The normalized spacial score (nSPS) is 8.70. The van der Waals surface area contributed by atoms with Crippen LogP contribution in [0, 0.1) is 0 Å². The molecule has 0 saturated heterocycles. The Hall–Kier alpha value is -0.0305. The predicted octanol–water partition coefficient (Wildman–Crippen LogP) is -2.51. The first-order chi connectivity index (χ1) is 6.00. The summed E-state index contributed by atoms with van der Waals surface area (Å²) >= 11 is 0. The van der Waals surface area contributed by atoms with Crippen molar-refractivity contribution in [3.63, 3.8) is 0 Å². The molecule has 20 heteroatoms. The molecule has 20 heavy (non-hydrogen) atoms. The fourth-order valence-electron chi connectivity index (χ4n) is 0. The van der Waals surface area contributed by atoms with Gasteiger partial charge in [0.1, 0.15) is 0 Å². The molecule has 16 nitrogen and oxygen atoms in total. The van der Waals surface area contributed by atoms with E-state index in [1.807, 2.05) is 0 Å². The van der Waals surface area contributed by atoms with E-state index in [-0.39, 0.29) is 41.7 Å². The van der Waals surface area contributed by atoms with E-state index < -0.39 is 31.2 Å². The molecule has 0 amide bonds. The summed E-state index contributed by atoms with van der Waals surface area (Å²) in [5.41, 5.74) is 0. The average Bonchev–Trinajstić information content (AvgIpc) is 1.41. The molecule has 0 fully saturated rings. The second kappa shape index (κ2) is 19.0. The molecular weight excluding hydrogens is 408 g/mol. The van der Waals surface area contributed by atoms with Gasteiger partial charge in [0.2, 0.25) is 0 Å². The van der Waals surface area contributed by atoms with Gasteiger partial charge in [-0.2, -0.15) is 0 Å². The van der Waals surface area contributed by atoms with Crippen molar-refractivity contribution in [1.82, 2.24) is 24.6 Å². The van der Waals surface area contributed by atoms with Crippen LogP contribution in [0.5, 0.6) is 0 Å². The smallest absolute Gasteiger partial charge is 0.759 e. The number of hydrogen-bond acceptors (Lipinski definition) is 12. The molecule has 0 spiro atoms. The van der Waals surface area contributed by atoms with Gasteiger partial charge in [0.15, 0.2) is 0 Å². The zero-order valence-electron chi connectivity index (χ0n) is 10.4. The van der Waals surface area contributed by atoms with Gasteiger partial charge >= 0.3 is 17.1 Å². The van der Waals surface area contributed by atoms with Gasteiger partial charge in [-0.25, -0.2) is 0 Å². The van der Waals surface area contributed by atoms with Crippen LogP contribution in [0.15, 0.2) is 0 Å². The molecule has 0 aliphatic carbocycles. The Bertz CT molecular complexity index is 352. The van der Waals surface area contributed by atoms with Crippen LogP contribution in [0.1, 0.15) is 0 Å². The topological polar surface area (TPSA) is 387 Å². The van der Waals surface area contributed by atoms with Gasteiger partial charge in [-0.15, -0.1) is 0 Å². The minimum absolute atomic E-state index is 0. The standard InChI is InChI=1S/Cu.4H3N.3H2O4S/c;;;;;3*1-5(2,3)4/h;4*1H3;3*(H2,1,2,3,4)/q+2;;;;;;;/p-2. The maximum atomic E-state index is 8.52. The first-order valence-corrected chi connectivity index (χ1v) is 6.00. The van der Waals surface area contributed by atoms with E-state index in [0.29, 0.717) is 0 Å².